The topological polar surface area (TPSA) is 79.0 Å². The third-order valence-corrected chi connectivity index (χ3v) is 2.29. The number of nitrogens with two attached hydrogens (primary N) is 1. The summed E-state index contributed by atoms with van der Waals surface area (Å²) in [6, 6.07) is 4.02. The van der Waals surface area contributed by atoms with Crippen LogP contribution in [0, 0.1) is 26.2 Å². The first-order valence-corrected chi connectivity index (χ1v) is 5.10. The maximum atomic E-state index is 11.5. The number of benzene rings is 1. The summed E-state index contributed by atoms with van der Waals surface area (Å²) in [5.74, 6) is -0.373. The van der Waals surface area contributed by atoms with Gasteiger partial charge in [0, 0.05) is 5.69 Å². The van der Waals surface area contributed by atoms with Crippen LogP contribution < -0.4 is 11.1 Å². The molecule has 0 aliphatic heterocycles. The van der Waals surface area contributed by atoms with Crippen molar-refractivity contribution in [2.45, 2.75) is 27.2 Å². The van der Waals surface area contributed by atoms with Crippen LogP contribution in [-0.2, 0) is 4.79 Å². The van der Waals surface area contributed by atoms with Gasteiger partial charge in [0.05, 0.1) is 6.42 Å². The molecule has 4 heteroatoms. The van der Waals surface area contributed by atoms with Crippen LogP contribution in [0.15, 0.2) is 12.1 Å². The Hall–Kier alpha value is -1.84. The van der Waals surface area contributed by atoms with Crippen molar-refractivity contribution in [2.24, 2.45) is 5.73 Å². The molecule has 0 radical (unpaired) electrons. The van der Waals surface area contributed by atoms with Gasteiger partial charge in [0.25, 0.3) is 0 Å². The summed E-state index contributed by atoms with van der Waals surface area (Å²) in [5, 5.41) is 9.83. The molecule has 0 fully saturated rings. The van der Waals surface area contributed by atoms with Crippen LogP contribution in [0.5, 0.6) is 0 Å². The van der Waals surface area contributed by atoms with E-state index in [0.29, 0.717) is 0 Å². The largest absolute Gasteiger partial charge is 0.387 e. The van der Waals surface area contributed by atoms with Gasteiger partial charge < -0.3 is 11.1 Å². The number of hydrogen-bond donors (Lipinski definition) is 3. The zero-order valence-electron chi connectivity index (χ0n) is 9.85. The van der Waals surface area contributed by atoms with Gasteiger partial charge in [-0.2, -0.15) is 0 Å². The molecule has 0 atom stereocenters. The lowest BCUT2D eigenvalue weighted by atomic mass is 10.1. The third kappa shape index (κ3) is 3.08. The molecule has 16 heavy (non-hydrogen) atoms. The lowest BCUT2D eigenvalue weighted by Crippen LogP contribution is -2.21. The van der Waals surface area contributed by atoms with Crippen molar-refractivity contribution in [2.75, 3.05) is 5.32 Å². The summed E-state index contributed by atoms with van der Waals surface area (Å²) in [6.45, 7) is 5.91. The summed E-state index contributed by atoms with van der Waals surface area (Å²) >= 11 is 0. The van der Waals surface area contributed by atoms with Crippen LogP contribution in [0.25, 0.3) is 0 Å². The first kappa shape index (κ1) is 12.2. The summed E-state index contributed by atoms with van der Waals surface area (Å²) in [6.07, 6.45) is -0.0627. The first-order valence-electron chi connectivity index (χ1n) is 5.10. The number of hydrogen-bond acceptors (Lipinski definition) is 2. The van der Waals surface area contributed by atoms with E-state index in [2.05, 4.69) is 5.32 Å². The van der Waals surface area contributed by atoms with Crippen LogP contribution in [0.1, 0.15) is 23.1 Å². The second kappa shape index (κ2) is 4.79. The van der Waals surface area contributed by atoms with Gasteiger partial charge in [-0.15, -0.1) is 0 Å². The lowest BCUT2D eigenvalue weighted by molar-refractivity contribution is -0.115. The molecule has 1 aromatic carbocycles. The molecule has 0 saturated carbocycles. The van der Waals surface area contributed by atoms with Crippen LogP contribution >= 0.6 is 0 Å². The van der Waals surface area contributed by atoms with Gasteiger partial charge in [-0.3, -0.25) is 10.2 Å². The summed E-state index contributed by atoms with van der Waals surface area (Å²) < 4.78 is 0. The van der Waals surface area contributed by atoms with Gasteiger partial charge in [0.15, 0.2) is 0 Å². The molecule has 0 bridgehead atoms. The highest BCUT2D eigenvalue weighted by Crippen LogP contribution is 2.21. The van der Waals surface area contributed by atoms with Crippen molar-refractivity contribution in [3.63, 3.8) is 0 Å². The monoisotopic (exact) mass is 219 g/mol. The molecule has 1 amide bonds. The number of nitrogens with one attached hydrogen (secondary N) is 2. The number of amidine groups is 1. The fourth-order valence-corrected chi connectivity index (χ4v) is 1.73. The van der Waals surface area contributed by atoms with Gasteiger partial charge in [0.1, 0.15) is 5.84 Å². The number of carbonyl (C=O) groups excluding carboxylic acids is 1. The SMILES string of the molecule is Cc1cc(C)c(NC(=O)CC(=N)N)c(C)c1. The Morgan fingerprint density at radius 2 is 1.81 bits per heavy atom. The fraction of sp³-hybridized carbons (Fsp3) is 0.333. The molecule has 4 N–H and O–H groups in total. The number of aryl methyl sites for hydroxylation is 3. The highest BCUT2D eigenvalue weighted by atomic mass is 16.1. The predicted molar refractivity (Wildman–Crippen MR) is 65.8 cm³/mol. The van der Waals surface area contributed by atoms with Gasteiger partial charge in [-0.1, -0.05) is 17.7 Å². The van der Waals surface area contributed by atoms with Gasteiger partial charge in [-0.25, -0.2) is 0 Å². The fourth-order valence-electron chi connectivity index (χ4n) is 1.73. The van der Waals surface area contributed by atoms with E-state index in [1.807, 2.05) is 32.9 Å². The first-order chi connectivity index (χ1) is 7.40. The van der Waals surface area contributed by atoms with E-state index in [1.54, 1.807) is 0 Å². The molecule has 0 aliphatic carbocycles. The maximum Gasteiger partial charge on any atom is 0.231 e. The molecule has 0 unspecified atom stereocenters. The van der Waals surface area contributed by atoms with E-state index in [1.165, 1.54) is 5.56 Å². The smallest absolute Gasteiger partial charge is 0.231 e. The van der Waals surface area contributed by atoms with Crippen molar-refractivity contribution in [3.05, 3.63) is 28.8 Å². The third-order valence-electron chi connectivity index (χ3n) is 2.29. The van der Waals surface area contributed by atoms with E-state index in [4.69, 9.17) is 11.1 Å². The predicted octanol–water partition coefficient (Wildman–Crippen LogP) is 1.88. The molecule has 86 valence electrons. The zero-order valence-corrected chi connectivity index (χ0v) is 9.85. The Labute approximate surface area is 95.4 Å². The number of amides is 1. The van der Waals surface area contributed by atoms with Gasteiger partial charge >= 0.3 is 0 Å². The highest BCUT2D eigenvalue weighted by molar-refractivity contribution is 6.04. The van der Waals surface area contributed by atoms with Crippen molar-refractivity contribution in [3.8, 4) is 0 Å². The highest BCUT2D eigenvalue weighted by Gasteiger charge is 2.08. The van der Waals surface area contributed by atoms with Crippen LogP contribution in [0.2, 0.25) is 0 Å². The summed E-state index contributed by atoms with van der Waals surface area (Å²) in [5.41, 5.74) is 9.20. The maximum absolute atomic E-state index is 11.5. The van der Waals surface area contributed by atoms with Crippen molar-refractivity contribution in [1.29, 1.82) is 5.41 Å². The molecule has 0 spiro atoms. The van der Waals surface area contributed by atoms with E-state index >= 15 is 0 Å². The average molecular weight is 219 g/mol. The Morgan fingerprint density at radius 1 is 1.31 bits per heavy atom. The minimum Gasteiger partial charge on any atom is -0.387 e. The van der Waals surface area contributed by atoms with E-state index in [-0.39, 0.29) is 18.2 Å². The normalized spacial score (nSPS) is 9.94. The quantitative estimate of drug-likeness (QED) is 0.536. The Bertz CT molecular complexity index is 415. The average Bonchev–Trinajstić information content (AvgIpc) is 2.09. The standard InChI is InChI=1S/C12H17N3O/c1-7-4-8(2)12(9(3)5-7)15-11(16)6-10(13)14/h4-5H,6H2,1-3H3,(H3,13,14)(H,15,16). The molecule has 0 aromatic heterocycles. The van der Waals surface area contributed by atoms with Crippen molar-refractivity contribution >= 4 is 17.4 Å². The van der Waals surface area contributed by atoms with E-state index < -0.39 is 0 Å². The molecule has 1 aromatic rings. The summed E-state index contributed by atoms with van der Waals surface area (Å²) in [7, 11) is 0. The number of rotatable bonds is 3. The second-order valence-corrected chi connectivity index (χ2v) is 4.02. The van der Waals surface area contributed by atoms with Crippen molar-refractivity contribution < 1.29 is 4.79 Å². The van der Waals surface area contributed by atoms with Crippen LogP contribution in [-0.4, -0.2) is 11.7 Å². The van der Waals surface area contributed by atoms with Gasteiger partial charge in [0.2, 0.25) is 5.91 Å². The number of carbonyl (C=O) groups is 1. The minimum absolute atomic E-state index is 0.0627. The lowest BCUT2D eigenvalue weighted by Gasteiger charge is -2.12. The molecule has 0 saturated heterocycles. The second-order valence-electron chi connectivity index (χ2n) is 4.02. The Morgan fingerprint density at radius 3 is 2.25 bits per heavy atom. The van der Waals surface area contributed by atoms with Crippen LogP contribution in [0.3, 0.4) is 0 Å². The zero-order chi connectivity index (χ0) is 12.3. The Balaban J connectivity index is 2.89. The van der Waals surface area contributed by atoms with Crippen LogP contribution in [0.4, 0.5) is 5.69 Å². The van der Waals surface area contributed by atoms with E-state index in [0.717, 1.165) is 16.8 Å². The molecule has 1 rings (SSSR count). The Kier molecular flexibility index (Phi) is 3.66. The molecular formula is C12H17N3O. The summed E-state index contributed by atoms with van der Waals surface area (Å²) in [4.78, 5) is 11.5. The minimum atomic E-state index is -0.248. The molecular weight excluding hydrogens is 202 g/mol. The van der Waals surface area contributed by atoms with E-state index in [9.17, 15) is 4.79 Å². The number of anilines is 1. The molecule has 0 aliphatic rings. The van der Waals surface area contributed by atoms with Crippen molar-refractivity contribution in [1.82, 2.24) is 0 Å². The molecule has 0 heterocycles. The van der Waals surface area contributed by atoms with Gasteiger partial charge in [-0.05, 0) is 31.9 Å². The molecule has 4 nitrogen and oxygen atoms in total.